The molecule has 41 heavy (non-hydrogen) atoms. The molecule has 4 aromatic carbocycles. The fourth-order valence-corrected chi connectivity index (χ4v) is 6.44. The van der Waals surface area contributed by atoms with E-state index < -0.39 is 5.41 Å². The SMILES string of the molecule is CC(C)(C)c1ccnc(-c2cccc(C3(c4cccc(-c5ccccn5)c4)c4ccccc4-c4ccccc43)c2)c1. The molecular formula is C39H32N2. The topological polar surface area (TPSA) is 25.8 Å². The van der Waals surface area contributed by atoms with E-state index in [-0.39, 0.29) is 5.41 Å². The first-order valence-corrected chi connectivity index (χ1v) is 14.2. The quantitative estimate of drug-likeness (QED) is 0.227. The van der Waals surface area contributed by atoms with Crippen LogP contribution in [0.15, 0.2) is 140 Å². The zero-order chi connectivity index (χ0) is 28.0. The van der Waals surface area contributed by atoms with E-state index in [0.29, 0.717) is 0 Å². The molecule has 2 nitrogen and oxygen atoms in total. The Labute approximate surface area is 242 Å². The second kappa shape index (κ2) is 9.67. The van der Waals surface area contributed by atoms with E-state index in [1.165, 1.54) is 38.9 Å². The lowest BCUT2D eigenvalue weighted by molar-refractivity contribution is 0.589. The summed E-state index contributed by atoms with van der Waals surface area (Å²) in [6.07, 6.45) is 3.80. The molecule has 1 aliphatic carbocycles. The van der Waals surface area contributed by atoms with Gasteiger partial charge in [0.05, 0.1) is 16.8 Å². The Morgan fingerprint density at radius 3 is 1.63 bits per heavy atom. The Bertz CT molecular complexity index is 1830. The van der Waals surface area contributed by atoms with Crippen molar-refractivity contribution in [3.05, 3.63) is 168 Å². The Kier molecular flexibility index (Phi) is 5.94. The van der Waals surface area contributed by atoms with Crippen molar-refractivity contribution in [2.45, 2.75) is 31.6 Å². The van der Waals surface area contributed by atoms with Crippen molar-refractivity contribution in [3.63, 3.8) is 0 Å². The molecule has 0 saturated heterocycles. The summed E-state index contributed by atoms with van der Waals surface area (Å²) in [5, 5.41) is 0. The molecule has 0 amide bonds. The molecule has 7 rings (SSSR count). The van der Waals surface area contributed by atoms with E-state index in [2.05, 4.69) is 141 Å². The van der Waals surface area contributed by atoms with Gasteiger partial charge in [-0.1, -0.05) is 112 Å². The number of nitrogens with zero attached hydrogens (tertiary/aromatic N) is 2. The van der Waals surface area contributed by atoms with Gasteiger partial charge in [-0.3, -0.25) is 9.97 Å². The molecule has 0 saturated carbocycles. The van der Waals surface area contributed by atoms with Crippen LogP contribution in [0.25, 0.3) is 33.6 Å². The third-order valence-electron chi connectivity index (χ3n) is 8.43. The molecule has 0 unspecified atom stereocenters. The third-order valence-corrected chi connectivity index (χ3v) is 8.43. The van der Waals surface area contributed by atoms with Crippen LogP contribution in [-0.2, 0) is 10.8 Å². The minimum absolute atomic E-state index is 0.0474. The first-order valence-electron chi connectivity index (χ1n) is 14.2. The van der Waals surface area contributed by atoms with Crippen molar-refractivity contribution in [1.82, 2.24) is 9.97 Å². The smallest absolute Gasteiger partial charge is 0.0714 e. The summed E-state index contributed by atoms with van der Waals surface area (Å²) >= 11 is 0. The standard InChI is InChI=1S/C39H32N2/c1-38(2,3)29-21-23-41-37(26-29)28-13-11-15-31(25-28)39(30-14-10-12-27(24-30)36-20-8-9-22-40-36)34-18-6-4-16-32(34)33-17-5-7-19-35(33)39/h4-26H,1-3H3. The maximum atomic E-state index is 4.82. The van der Waals surface area contributed by atoms with Crippen LogP contribution in [0.3, 0.4) is 0 Å². The number of hydrogen-bond donors (Lipinski definition) is 0. The summed E-state index contributed by atoms with van der Waals surface area (Å²) < 4.78 is 0. The van der Waals surface area contributed by atoms with E-state index in [4.69, 9.17) is 4.98 Å². The zero-order valence-electron chi connectivity index (χ0n) is 23.7. The lowest BCUT2D eigenvalue weighted by Gasteiger charge is -2.34. The van der Waals surface area contributed by atoms with Crippen LogP contribution in [-0.4, -0.2) is 9.97 Å². The number of hydrogen-bond acceptors (Lipinski definition) is 2. The van der Waals surface area contributed by atoms with Crippen LogP contribution in [0.4, 0.5) is 0 Å². The number of pyridine rings is 2. The number of benzene rings is 4. The maximum Gasteiger partial charge on any atom is 0.0714 e. The predicted molar refractivity (Wildman–Crippen MR) is 169 cm³/mol. The zero-order valence-corrected chi connectivity index (χ0v) is 23.7. The van der Waals surface area contributed by atoms with Gasteiger partial charge in [0.1, 0.15) is 0 Å². The van der Waals surface area contributed by atoms with Crippen molar-refractivity contribution in [3.8, 4) is 33.6 Å². The first kappa shape index (κ1) is 25.2. The molecule has 2 aromatic heterocycles. The van der Waals surface area contributed by atoms with Crippen LogP contribution >= 0.6 is 0 Å². The average molecular weight is 529 g/mol. The summed E-state index contributed by atoms with van der Waals surface area (Å²) in [6, 6.07) is 46.1. The minimum atomic E-state index is -0.490. The van der Waals surface area contributed by atoms with Gasteiger partial charge in [0, 0.05) is 23.5 Å². The maximum absolute atomic E-state index is 4.82. The van der Waals surface area contributed by atoms with Gasteiger partial charge in [0.25, 0.3) is 0 Å². The monoisotopic (exact) mass is 528 g/mol. The van der Waals surface area contributed by atoms with Crippen molar-refractivity contribution in [1.29, 1.82) is 0 Å². The van der Waals surface area contributed by atoms with Crippen LogP contribution in [0.1, 0.15) is 48.6 Å². The summed E-state index contributed by atoms with van der Waals surface area (Å²) in [4.78, 5) is 9.49. The number of aromatic nitrogens is 2. The normalized spacial score (nSPS) is 13.4. The summed E-state index contributed by atoms with van der Waals surface area (Å²) in [5.74, 6) is 0. The molecule has 198 valence electrons. The van der Waals surface area contributed by atoms with Gasteiger partial charge in [-0.05, 0) is 80.8 Å². The molecule has 0 N–H and O–H groups in total. The Hall–Kier alpha value is -4.82. The first-order chi connectivity index (χ1) is 20.0. The van der Waals surface area contributed by atoms with Crippen LogP contribution in [0.2, 0.25) is 0 Å². The Balaban J connectivity index is 1.52. The molecule has 0 bridgehead atoms. The predicted octanol–water partition coefficient (Wildman–Crippen LogP) is 9.47. The van der Waals surface area contributed by atoms with E-state index in [9.17, 15) is 0 Å². The van der Waals surface area contributed by atoms with Crippen LogP contribution in [0, 0.1) is 0 Å². The average Bonchev–Trinajstić information content (AvgIpc) is 3.33. The van der Waals surface area contributed by atoms with Gasteiger partial charge in [0.2, 0.25) is 0 Å². The summed E-state index contributed by atoms with van der Waals surface area (Å²) in [7, 11) is 0. The lowest BCUT2D eigenvalue weighted by Crippen LogP contribution is -2.28. The molecule has 6 aromatic rings. The van der Waals surface area contributed by atoms with E-state index in [1.807, 2.05) is 24.5 Å². The number of rotatable bonds is 4. The molecule has 0 radical (unpaired) electrons. The minimum Gasteiger partial charge on any atom is -0.256 e. The van der Waals surface area contributed by atoms with E-state index in [0.717, 1.165) is 22.5 Å². The highest BCUT2D eigenvalue weighted by molar-refractivity contribution is 5.87. The fraction of sp³-hybridized carbons (Fsp3) is 0.128. The van der Waals surface area contributed by atoms with Gasteiger partial charge < -0.3 is 0 Å². The van der Waals surface area contributed by atoms with Crippen molar-refractivity contribution >= 4 is 0 Å². The fourth-order valence-electron chi connectivity index (χ4n) is 6.44. The van der Waals surface area contributed by atoms with Gasteiger partial charge in [0.15, 0.2) is 0 Å². The van der Waals surface area contributed by atoms with Crippen LogP contribution < -0.4 is 0 Å². The van der Waals surface area contributed by atoms with Crippen molar-refractivity contribution < 1.29 is 0 Å². The molecule has 0 spiro atoms. The number of fused-ring (bicyclic) bond motifs is 3. The Morgan fingerprint density at radius 2 is 1.05 bits per heavy atom. The second-order valence-corrected chi connectivity index (χ2v) is 11.9. The largest absolute Gasteiger partial charge is 0.256 e. The summed E-state index contributed by atoms with van der Waals surface area (Å²) in [5.41, 5.74) is 12.7. The summed E-state index contributed by atoms with van der Waals surface area (Å²) in [6.45, 7) is 6.75. The molecule has 1 aliphatic rings. The van der Waals surface area contributed by atoms with Gasteiger partial charge in [-0.25, -0.2) is 0 Å². The Morgan fingerprint density at radius 1 is 0.488 bits per heavy atom. The van der Waals surface area contributed by atoms with Crippen molar-refractivity contribution in [2.24, 2.45) is 0 Å². The molecule has 0 atom stereocenters. The highest BCUT2D eigenvalue weighted by Gasteiger charge is 2.46. The lowest BCUT2D eigenvalue weighted by atomic mass is 9.67. The highest BCUT2D eigenvalue weighted by atomic mass is 14.7. The third kappa shape index (κ3) is 4.10. The highest BCUT2D eigenvalue weighted by Crippen LogP contribution is 2.56. The van der Waals surface area contributed by atoms with Gasteiger partial charge in [-0.15, -0.1) is 0 Å². The van der Waals surface area contributed by atoms with E-state index >= 15 is 0 Å². The van der Waals surface area contributed by atoms with E-state index in [1.54, 1.807) is 0 Å². The molecule has 0 fully saturated rings. The molecular weight excluding hydrogens is 496 g/mol. The van der Waals surface area contributed by atoms with Crippen molar-refractivity contribution in [2.75, 3.05) is 0 Å². The van der Waals surface area contributed by atoms with Gasteiger partial charge in [-0.2, -0.15) is 0 Å². The van der Waals surface area contributed by atoms with Crippen LogP contribution in [0.5, 0.6) is 0 Å². The molecule has 2 heteroatoms. The molecule has 0 aliphatic heterocycles. The molecule has 2 heterocycles. The second-order valence-electron chi connectivity index (χ2n) is 11.9. The van der Waals surface area contributed by atoms with Gasteiger partial charge >= 0.3 is 0 Å².